The molecular weight excluding hydrogens is 333 g/mol. The van der Waals surface area contributed by atoms with E-state index < -0.39 is 11.7 Å². The Hall–Kier alpha value is -3.29. The molecule has 1 aromatic heterocycles. The molecule has 0 radical (unpaired) electrons. The zero-order valence-electron chi connectivity index (χ0n) is 12.8. The highest BCUT2D eigenvalue weighted by Crippen LogP contribution is 2.33. The minimum Gasteiger partial charge on any atom is -0.423 e. The normalized spacial score (nSPS) is 11.3. The van der Waals surface area contributed by atoms with Crippen molar-refractivity contribution in [2.75, 3.05) is 11.1 Å². The molecule has 0 saturated carbocycles. The van der Waals surface area contributed by atoms with Gasteiger partial charge in [0.2, 0.25) is 0 Å². The summed E-state index contributed by atoms with van der Waals surface area (Å²) in [5.74, 6) is 0.205. The van der Waals surface area contributed by atoms with E-state index >= 15 is 0 Å². The number of oxazole rings is 1. The third-order valence-corrected chi connectivity index (χ3v) is 3.47. The van der Waals surface area contributed by atoms with Crippen LogP contribution < -0.4 is 11.1 Å². The molecule has 128 valence electrons. The van der Waals surface area contributed by atoms with Gasteiger partial charge in [0, 0.05) is 28.7 Å². The van der Waals surface area contributed by atoms with Crippen molar-refractivity contribution in [1.29, 1.82) is 5.41 Å². The number of aromatic nitrogens is 1. The van der Waals surface area contributed by atoms with E-state index in [2.05, 4.69) is 10.3 Å². The van der Waals surface area contributed by atoms with Gasteiger partial charge in [0.1, 0.15) is 0 Å². The maximum Gasteiger partial charge on any atom is 0.416 e. The first-order valence-corrected chi connectivity index (χ1v) is 7.17. The molecule has 0 aliphatic carbocycles. The molecule has 0 amide bonds. The van der Waals surface area contributed by atoms with Gasteiger partial charge >= 0.3 is 6.18 Å². The van der Waals surface area contributed by atoms with E-state index in [1.165, 1.54) is 18.3 Å². The summed E-state index contributed by atoms with van der Waals surface area (Å²) in [5.41, 5.74) is 6.79. The minimum atomic E-state index is -4.43. The summed E-state index contributed by atoms with van der Waals surface area (Å²) in [4.78, 5) is 4.01. The molecule has 0 saturated heterocycles. The average Bonchev–Trinajstić information content (AvgIpc) is 3.04. The molecule has 0 spiro atoms. The van der Waals surface area contributed by atoms with Crippen LogP contribution in [-0.2, 0) is 6.18 Å². The predicted molar refractivity (Wildman–Crippen MR) is 89.0 cm³/mol. The quantitative estimate of drug-likeness (QED) is 0.473. The van der Waals surface area contributed by atoms with Crippen LogP contribution in [0, 0.1) is 5.41 Å². The Morgan fingerprint density at radius 2 is 1.96 bits per heavy atom. The molecule has 2 aromatic carbocycles. The zero-order valence-corrected chi connectivity index (χ0v) is 12.8. The van der Waals surface area contributed by atoms with Crippen LogP contribution >= 0.6 is 0 Å². The maximum atomic E-state index is 12.8. The van der Waals surface area contributed by atoms with Gasteiger partial charge in [-0.15, -0.1) is 0 Å². The van der Waals surface area contributed by atoms with Crippen molar-refractivity contribution < 1.29 is 17.6 Å². The van der Waals surface area contributed by atoms with E-state index in [0.717, 1.165) is 18.3 Å². The lowest BCUT2D eigenvalue weighted by molar-refractivity contribution is -0.137. The highest BCUT2D eigenvalue weighted by Gasteiger charge is 2.30. The molecule has 0 fully saturated rings. The number of nitrogens with zero attached hydrogens (tertiary/aromatic N) is 1. The van der Waals surface area contributed by atoms with Crippen LogP contribution in [0.25, 0.3) is 11.3 Å². The van der Waals surface area contributed by atoms with Crippen LogP contribution in [0.5, 0.6) is 0 Å². The fourth-order valence-corrected chi connectivity index (χ4v) is 2.22. The number of hydrogen-bond acceptors (Lipinski definition) is 5. The number of benzene rings is 2. The smallest absolute Gasteiger partial charge is 0.416 e. The van der Waals surface area contributed by atoms with Crippen molar-refractivity contribution in [1.82, 2.24) is 4.98 Å². The fourth-order valence-electron chi connectivity index (χ4n) is 2.22. The topological polar surface area (TPSA) is 87.9 Å². The van der Waals surface area contributed by atoms with Crippen LogP contribution in [0.15, 0.2) is 53.1 Å². The Morgan fingerprint density at radius 3 is 2.68 bits per heavy atom. The van der Waals surface area contributed by atoms with Crippen LogP contribution in [0.1, 0.15) is 11.1 Å². The summed E-state index contributed by atoms with van der Waals surface area (Å²) in [6.07, 6.45) is -1.97. The van der Waals surface area contributed by atoms with Crippen molar-refractivity contribution >= 4 is 23.6 Å². The summed E-state index contributed by atoms with van der Waals surface area (Å²) >= 11 is 0. The molecule has 0 aliphatic rings. The van der Waals surface area contributed by atoms with E-state index in [0.29, 0.717) is 16.9 Å². The van der Waals surface area contributed by atoms with Gasteiger partial charge in [-0.25, -0.2) is 4.98 Å². The molecule has 3 rings (SSSR count). The first-order chi connectivity index (χ1) is 11.9. The van der Waals surface area contributed by atoms with Crippen molar-refractivity contribution in [3.05, 3.63) is 59.8 Å². The van der Waals surface area contributed by atoms with Gasteiger partial charge in [-0.3, -0.25) is 0 Å². The first-order valence-electron chi connectivity index (χ1n) is 7.17. The number of anilines is 3. The highest BCUT2D eigenvalue weighted by molar-refractivity contribution is 5.87. The Kier molecular flexibility index (Phi) is 4.18. The molecule has 0 aliphatic heterocycles. The molecule has 8 heteroatoms. The third-order valence-electron chi connectivity index (χ3n) is 3.47. The first kappa shape index (κ1) is 16.6. The van der Waals surface area contributed by atoms with Crippen molar-refractivity contribution in [3.63, 3.8) is 0 Å². The molecular formula is C17H13F3N4O. The third kappa shape index (κ3) is 3.63. The lowest BCUT2D eigenvalue weighted by Gasteiger charge is -2.07. The van der Waals surface area contributed by atoms with Gasteiger partial charge in [-0.1, -0.05) is 12.1 Å². The fraction of sp³-hybridized carbons (Fsp3) is 0.0588. The number of alkyl halides is 3. The van der Waals surface area contributed by atoms with E-state index in [1.54, 1.807) is 18.2 Å². The Labute approximate surface area is 140 Å². The monoisotopic (exact) mass is 346 g/mol. The summed E-state index contributed by atoms with van der Waals surface area (Å²) < 4.78 is 43.8. The van der Waals surface area contributed by atoms with Crippen LogP contribution in [0.3, 0.4) is 0 Å². The van der Waals surface area contributed by atoms with Crippen LogP contribution in [0.2, 0.25) is 0 Å². The molecule has 0 atom stereocenters. The van der Waals surface area contributed by atoms with Gasteiger partial charge < -0.3 is 20.9 Å². The standard InChI is InChI=1S/C17H13F3N4O/c18-17(19,20)12-3-1-2-10(6-12)15-9-23-16(25-15)24-13-4-5-14(22)11(7-13)8-21/h1-9,21H,22H2,(H,23,24). The second kappa shape index (κ2) is 6.31. The van der Waals surface area contributed by atoms with Gasteiger partial charge in [0.05, 0.1) is 11.8 Å². The van der Waals surface area contributed by atoms with Gasteiger partial charge in [0.25, 0.3) is 6.01 Å². The molecule has 3 aromatic rings. The maximum absolute atomic E-state index is 12.8. The van der Waals surface area contributed by atoms with Gasteiger partial charge in [-0.05, 0) is 30.3 Å². The SMILES string of the molecule is N=Cc1cc(Nc2ncc(-c3cccc(C(F)(F)F)c3)o2)ccc1N. The number of nitrogen functional groups attached to an aromatic ring is 1. The molecule has 5 nitrogen and oxygen atoms in total. The van der Waals surface area contributed by atoms with E-state index in [1.807, 2.05) is 0 Å². The molecule has 0 unspecified atom stereocenters. The average molecular weight is 346 g/mol. The van der Waals surface area contributed by atoms with Gasteiger partial charge in [-0.2, -0.15) is 13.2 Å². The zero-order chi connectivity index (χ0) is 18.0. The largest absolute Gasteiger partial charge is 0.423 e. The van der Waals surface area contributed by atoms with E-state index in [4.69, 9.17) is 15.6 Å². The summed E-state index contributed by atoms with van der Waals surface area (Å²) in [7, 11) is 0. The number of nitrogens with one attached hydrogen (secondary N) is 2. The number of rotatable bonds is 4. The Bertz CT molecular complexity index is 918. The number of nitrogens with two attached hydrogens (primary N) is 1. The number of hydrogen-bond donors (Lipinski definition) is 3. The highest BCUT2D eigenvalue weighted by atomic mass is 19.4. The van der Waals surface area contributed by atoms with E-state index in [9.17, 15) is 13.2 Å². The van der Waals surface area contributed by atoms with Crippen LogP contribution in [0.4, 0.5) is 30.6 Å². The number of halogens is 3. The molecule has 25 heavy (non-hydrogen) atoms. The molecule has 4 N–H and O–H groups in total. The lowest BCUT2D eigenvalue weighted by Crippen LogP contribution is -2.04. The van der Waals surface area contributed by atoms with Crippen molar-refractivity contribution in [2.24, 2.45) is 0 Å². The molecule has 1 heterocycles. The Morgan fingerprint density at radius 1 is 1.16 bits per heavy atom. The van der Waals surface area contributed by atoms with Crippen molar-refractivity contribution in [2.45, 2.75) is 6.18 Å². The molecule has 0 bridgehead atoms. The van der Waals surface area contributed by atoms with Crippen molar-refractivity contribution in [3.8, 4) is 11.3 Å². The summed E-state index contributed by atoms with van der Waals surface area (Å²) in [6, 6.07) is 9.87. The summed E-state index contributed by atoms with van der Waals surface area (Å²) in [6.45, 7) is 0. The lowest BCUT2D eigenvalue weighted by atomic mass is 10.1. The Balaban J connectivity index is 1.85. The van der Waals surface area contributed by atoms with Gasteiger partial charge in [0.15, 0.2) is 5.76 Å². The van der Waals surface area contributed by atoms with Crippen LogP contribution in [-0.4, -0.2) is 11.2 Å². The minimum absolute atomic E-state index is 0.119. The summed E-state index contributed by atoms with van der Waals surface area (Å²) in [5, 5.41) is 10.2. The second-order valence-corrected chi connectivity index (χ2v) is 5.22. The second-order valence-electron chi connectivity index (χ2n) is 5.22. The van der Waals surface area contributed by atoms with E-state index in [-0.39, 0.29) is 17.3 Å². The predicted octanol–water partition coefficient (Wildman–Crippen LogP) is 4.68.